The van der Waals surface area contributed by atoms with E-state index in [9.17, 15) is 9.59 Å². The van der Waals surface area contributed by atoms with E-state index in [1.807, 2.05) is 22.9 Å². The Morgan fingerprint density at radius 3 is 2.89 bits per heavy atom. The Morgan fingerprint density at radius 2 is 2.14 bits per heavy atom. The van der Waals surface area contributed by atoms with Crippen molar-refractivity contribution in [1.29, 1.82) is 0 Å². The van der Waals surface area contributed by atoms with Crippen molar-refractivity contribution in [3.63, 3.8) is 0 Å². The third kappa shape index (κ3) is 4.18. The molecule has 0 unspecified atom stereocenters. The fourth-order valence-electron chi connectivity index (χ4n) is 3.63. The van der Waals surface area contributed by atoms with Crippen LogP contribution in [-0.4, -0.2) is 27.8 Å². The summed E-state index contributed by atoms with van der Waals surface area (Å²) in [6, 6.07) is 4.00. The Bertz CT molecular complexity index is 1020. The number of amides is 1. The van der Waals surface area contributed by atoms with Gasteiger partial charge in [-0.2, -0.15) is 0 Å². The molecule has 28 heavy (non-hydrogen) atoms. The van der Waals surface area contributed by atoms with Gasteiger partial charge in [-0.05, 0) is 30.2 Å². The van der Waals surface area contributed by atoms with E-state index in [1.54, 1.807) is 23.0 Å². The largest absolute Gasteiger partial charge is 0.355 e. The molecule has 0 spiro atoms. The molecule has 1 aliphatic carbocycles. The molecule has 0 atom stereocenters. The summed E-state index contributed by atoms with van der Waals surface area (Å²) in [5.74, 6) is 0.903. The second-order valence-corrected chi connectivity index (χ2v) is 9.91. The lowest BCUT2D eigenvalue weighted by Crippen LogP contribution is -2.31. The van der Waals surface area contributed by atoms with E-state index in [0.29, 0.717) is 16.5 Å². The standard InChI is InChI=1S/C20H23N3O2S3/c1-23-19(25)17-14(15-8-5-9-26-15)11-27-18(17)22-20(23)28-12-16(24)21-10-13-6-3-2-4-7-13/h5,8-9,11,13H,2-4,6-7,10,12H2,1H3,(H,21,24). The summed E-state index contributed by atoms with van der Waals surface area (Å²) in [6.45, 7) is 0.764. The van der Waals surface area contributed by atoms with Gasteiger partial charge in [0.1, 0.15) is 4.83 Å². The molecule has 1 N–H and O–H groups in total. The van der Waals surface area contributed by atoms with E-state index in [0.717, 1.165) is 21.8 Å². The van der Waals surface area contributed by atoms with E-state index in [-0.39, 0.29) is 17.2 Å². The van der Waals surface area contributed by atoms with Gasteiger partial charge in [0, 0.05) is 29.4 Å². The van der Waals surface area contributed by atoms with Crippen LogP contribution in [0.25, 0.3) is 20.7 Å². The summed E-state index contributed by atoms with van der Waals surface area (Å²) < 4.78 is 1.56. The maximum absolute atomic E-state index is 12.9. The molecule has 1 fully saturated rings. The van der Waals surface area contributed by atoms with Gasteiger partial charge in [-0.1, -0.05) is 37.1 Å². The van der Waals surface area contributed by atoms with Gasteiger partial charge in [0.25, 0.3) is 5.56 Å². The average molecular weight is 434 g/mol. The Labute approximate surface area is 176 Å². The number of hydrogen-bond donors (Lipinski definition) is 1. The second kappa shape index (κ2) is 8.80. The highest BCUT2D eigenvalue weighted by molar-refractivity contribution is 7.99. The minimum absolute atomic E-state index is 0.00961. The van der Waals surface area contributed by atoms with Gasteiger partial charge in [0.15, 0.2) is 5.16 Å². The summed E-state index contributed by atoms with van der Waals surface area (Å²) in [4.78, 5) is 31.6. The number of nitrogens with one attached hydrogen (secondary N) is 1. The Kier molecular flexibility index (Phi) is 6.18. The minimum Gasteiger partial charge on any atom is -0.355 e. The molecule has 3 aromatic heterocycles. The summed E-state index contributed by atoms with van der Waals surface area (Å²) in [7, 11) is 1.73. The second-order valence-electron chi connectivity index (χ2n) is 7.16. The van der Waals surface area contributed by atoms with Crippen LogP contribution in [0.1, 0.15) is 32.1 Å². The molecule has 5 nitrogen and oxygen atoms in total. The molecular formula is C20H23N3O2S3. The predicted molar refractivity (Wildman–Crippen MR) is 118 cm³/mol. The molecule has 0 radical (unpaired) electrons. The van der Waals surface area contributed by atoms with Crippen LogP contribution in [0.2, 0.25) is 0 Å². The van der Waals surface area contributed by atoms with Crippen LogP contribution in [0, 0.1) is 5.92 Å². The molecule has 0 saturated heterocycles. The van der Waals surface area contributed by atoms with E-state index < -0.39 is 0 Å². The van der Waals surface area contributed by atoms with E-state index in [2.05, 4.69) is 10.3 Å². The average Bonchev–Trinajstić information content (AvgIpc) is 3.38. The number of nitrogens with zero attached hydrogens (tertiary/aromatic N) is 2. The molecule has 3 heterocycles. The van der Waals surface area contributed by atoms with Gasteiger partial charge in [0.05, 0.1) is 11.1 Å². The lowest BCUT2D eigenvalue weighted by Gasteiger charge is -2.21. The molecule has 4 rings (SSSR count). The van der Waals surface area contributed by atoms with E-state index in [4.69, 9.17) is 0 Å². The number of hydrogen-bond acceptors (Lipinski definition) is 6. The maximum atomic E-state index is 12.9. The molecule has 8 heteroatoms. The first kappa shape index (κ1) is 19.7. The molecule has 0 aliphatic heterocycles. The molecule has 0 aromatic carbocycles. The van der Waals surface area contributed by atoms with Gasteiger partial charge in [-0.15, -0.1) is 22.7 Å². The number of thiophene rings is 2. The highest BCUT2D eigenvalue weighted by Gasteiger charge is 2.18. The molecule has 1 saturated carbocycles. The maximum Gasteiger partial charge on any atom is 0.263 e. The number of thioether (sulfide) groups is 1. The van der Waals surface area contributed by atoms with Crippen LogP contribution >= 0.6 is 34.4 Å². The van der Waals surface area contributed by atoms with Crippen molar-refractivity contribution in [3.05, 3.63) is 33.2 Å². The van der Waals surface area contributed by atoms with E-state index in [1.165, 1.54) is 55.2 Å². The highest BCUT2D eigenvalue weighted by atomic mass is 32.2. The van der Waals surface area contributed by atoms with Crippen LogP contribution in [0.4, 0.5) is 0 Å². The minimum atomic E-state index is -0.0558. The van der Waals surface area contributed by atoms with Crippen molar-refractivity contribution >= 4 is 50.6 Å². The number of rotatable bonds is 6. The molecule has 3 aromatic rings. The Balaban J connectivity index is 1.45. The van der Waals surface area contributed by atoms with Crippen LogP contribution in [-0.2, 0) is 11.8 Å². The summed E-state index contributed by atoms with van der Waals surface area (Å²) in [6.07, 6.45) is 6.29. The molecule has 1 amide bonds. The zero-order valence-corrected chi connectivity index (χ0v) is 18.2. The smallest absolute Gasteiger partial charge is 0.263 e. The van der Waals surface area contributed by atoms with Crippen molar-refractivity contribution in [3.8, 4) is 10.4 Å². The van der Waals surface area contributed by atoms with Crippen molar-refractivity contribution in [1.82, 2.24) is 14.9 Å². The Morgan fingerprint density at radius 1 is 1.32 bits per heavy atom. The summed E-state index contributed by atoms with van der Waals surface area (Å²) in [5.41, 5.74) is 0.893. The third-order valence-corrected chi connectivity index (χ3v) is 8.01. The molecule has 0 bridgehead atoms. The fourth-order valence-corrected chi connectivity index (χ4v) is 6.23. The van der Waals surface area contributed by atoms with Crippen molar-refractivity contribution < 1.29 is 4.79 Å². The van der Waals surface area contributed by atoms with Gasteiger partial charge >= 0.3 is 0 Å². The Hall–Kier alpha value is -1.64. The zero-order valence-electron chi connectivity index (χ0n) is 15.8. The van der Waals surface area contributed by atoms with Crippen molar-refractivity contribution in [2.75, 3.05) is 12.3 Å². The number of carbonyl (C=O) groups is 1. The lowest BCUT2D eigenvalue weighted by molar-refractivity contribution is -0.118. The van der Waals surface area contributed by atoms with Gasteiger partial charge in [-0.3, -0.25) is 14.2 Å². The van der Waals surface area contributed by atoms with Gasteiger partial charge in [0.2, 0.25) is 5.91 Å². The summed E-state index contributed by atoms with van der Waals surface area (Å²) >= 11 is 4.43. The topological polar surface area (TPSA) is 64.0 Å². The molecule has 1 aliphatic rings. The predicted octanol–water partition coefficient (Wildman–Crippen LogP) is 4.51. The SMILES string of the molecule is Cn1c(SCC(=O)NCC2CCCCC2)nc2scc(-c3cccs3)c2c1=O. The van der Waals surface area contributed by atoms with Crippen LogP contribution in [0.15, 0.2) is 32.8 Å². The van der Waals surface area contributed by atoms with Crippen LogP contribution < -0.4 is 10.9 Å². The van der Waals surface area contributed by atoms with Crippen molar-refractivity contribution in [2.24, 2.45) is 13.0 Å². The number of aromatic nitrogens is 2. The first-order valence-electron chi connectivity index (χ1n) is 9.55. The zero-order chi connectivity index (χ0) is 19.5. The number of fused-ring (bicyclic) bond motifs is 1. The molecular weight excluding hydrogens is 410 g/mol. The van der Waals surface area contributed by atoms with Crippen molar-refractivity contribution in [2.45, 2.75) is 37.3 Å². The number of carbonyl (C=O) groups excluding carboxylic acids is 1. The first-order chi connectivity index (χ1) is 13.6. The monoisotopic (exact) mass is 433 g/mol. The highest BCUT2D eigenvalue weighted by Crippen LogP contribution is 2.34. The van der Waals surface area contributed by atoms with Gasteiger partial charge < -0.3 is 5.32 Å². The normalized spacial score (nSPS) is 15.2. The van der Waals surface area contributed by atoms with E-state index >= 15 is 0 Å². The van der Waals surface area contributed by atoms with Crippen LogP contribution in [0.5, 0.6) is 0 Å². The van der Waals surface area contributed by atoms with Crippen LogP contribution in [0.3, 0.4) is 0 Å². The quantitative estimate of drug-likeness (QED) is 0.459. The lowest BCUT2D eigenvalue weighted by atomic mass is 9.89. The first-order valence-corrected chi connectivity index (χ1v) is 12.3. The fraction of sp³-hybridized carbons (Fsp3) is 0.450. The third-order valence-electron chi connectivity index (χ3n) is 5.21. The summed E-state index contributed by atoms with van der Waals surface area (Å²) in [5, 5.41) is 8.30. The molecule has 148 valence electrons. The van der Waals surface area contributed by atoms with Gasteiger partial charge in [-0.25, -0.2) is 4.98 Å².